The Morgan fingerprint density at radius 2 is 2.04 bits per heavy atom. The molecule has 0 bridgehead atoms. The first-order chi connectivity index (χ1) is 10.9. The zero-order chi connectivity index (χ0) is 16.6. The summed E-state index contributed by atoms with van der Waals surface area (Å²) in [6.07, 6.45) is 2.84. The van der Waals surface area contributed by atoms with Crippen LogP contribution in [0.2, 0.25) is 0 Å². The summed E-state index contributed by atoms with van der Waals surface area (Å²) in [5.74, 6) is 0. The lowest BCUT2D eigenvalue weighted by Gasteiger charge is -2.26. The molecule has 0 spiro atoms. The SMILES string of the molecule is CCn1nc(C)c(S(=O)(=O)N[C@@H]2CCCc3ccccc32)c1C. The van der Waals surface area contributed by atoms with Gasteiger partial charge in [-0.25, -0.2) is 13.1 Å². The molecule has 5 nitrogen and oxygen atoms in total. The minimum atomic E-state index is -3.59. The standard InChI is InChI=1S/C17H23N3O2S/c1-4-20-13(3)17(12(2)18-20)23(21,22)19-16-11-7-9-14-8-5-6-10-15(14)16/h5-6,8,10,16,19H,4,7,9,11H2,1-3H3/t16-/m1/s1. The van der Waals surface area contributed by atoms with Crippen molar-refractivity contribution in [1.82, 2.24) is 14.5 Å². The van der Waals surface area contributed by atoms with Crippen LogP contribution >= 0.6 is 0 Å². The Balaban J connectivity index is 1.96. The maximum Gasteiger partial charge on any atom is 0.244 e. The van der Waals surface area contributed by atoms with Gasteiger partial charge in [-0.3, -0.25) is 4.68 Å². The highest BCUT2D eigenvalue weighted by atomic mass is 32.2. The second-order valence-electron chi connectivity index (χ2n) is 6.08. The highest BCUT2D eigenvalue weighted by Gasteiger charge is 2.29. The Kier molecular flexibility index (Phi) is 4.29. The fourth-order valence-corrected chi connectivity index (χ4v) is 5.16. The molecule has 2 aromatic rings. The molecule has 0 unspecified atom stereocenters. The number of hydrogen-bond donors (Lipinski definition) is 1. The molecule has 1 aliphatic rings. The fraction of sp³-hybridized carbons (Fsp3) is 0.471. The lowest BCUT2D eigenvalue weighted by molar-refractivity contribution is 0.506. The third kappa shape index (κ3) is 2.93. The highest BCUT2D eigenvalue weighted by Crippen LogP contribution is 2.31. The summed E-state index contributed by atoms with van der Waals surface area (Å²) in [7, 11) is -3.59. The van der Waals surface area contributed by atoms with Gasteiger partial charge in [0.05, 0.1) is 11.4 Å². The summed E-state index contributed by atoms with van der Waals surface area (Å²) in [6, 6.07) is 7.93. The van der Waals surface area contributed by atoms with Gasteiger partial charge in [-0.05, 0) is 51.2 Å². The first-order valence-electron chi connectivity index (χ1n) is 8.08. The van der Waals surface area contributed by atoms with Gasteiger partial charge in [0.15, 0.2) is 0 Å². The number of nitrogens with one attached hydrogen (secondary N) is 1. The summed E-state index contributed by atoms with van der Waals surface area (Å²) < 4.78 is 30.5. The number of fused-ring (bicyclic) bond motifs is 1. The molecule has 0 aliphatic heterocycles. The van der Waals surface area contributed by atoms with Gasteiger partial charge in [0.2, 0.25) is 10.0 Å². The van der Waals surface area contributed by atoms with E-state index in [0.717, 1.165) is 24.8 Å². The quantitative estimate of drug-likeness (QED) is 0.936. The molecule has 1 N–H and O–H groups in total. The molecule has 23 heavy (non-hydrogen) atoms. The smallest absolute Gasteiger partial charge is 0.244 e. The number of benzene rings is 1. The molecule has 3 rings (SSSR count). The van der Waals surface area contributed by atoms with Crippen molar-refractivity contribution >= 4 is 10.0 Å². The molecule has 1 aromatic carbocycles. The van der Waals surface area contributed by atoms with E-state index in [-0.39, 0.29) is 6.04 Å². The second kappa shape index (κ2) is 6.09. The van der Waals surface area contributed by atoms with Crippen molar-refractivity contribution in [3.05, 3.63) is 46.8 Å². The zero-order valence-electron chi connectivity index (χ0n) is 13.8. The van der Waals surface area contributed by atoms with Gasteiger partial charge in [0.1, 0.15) is 4.90 Å². The van der Waals surface area contributed by atoms with Gasteiger partial charge in [-0.1, -0.05) is 24.3 Å². The van der Waals surface area contributed by atoms with Crippen molar-refractivity contribution in [1.29, 1.82) is 0 Å². The van der Waals surface area contributed by atoms with Crippen LogP contribution in [-0.2, 0) is 23.0 Å². The van der Waals surface area contributed by atoms with E-state index in [0.29, 0.717) is 22.8 Å². The summed E-state index contributed by atoms with van der Waals surface area (Å²) in [4.78, 5) is 0.322. The maximum absolute atomic E-state index is 12.9. The van der Waals surface area contributed by atoms with Crippen LogP contribution in [-0.4, -0.2) is 18.2 Å². The summed E-state index contributed by atoms with van der Waals surface area (Å²) in [5.41, 5.74) is 3.59. The van der Waals surface area contributed by atoms with Crippen molar-refractivity contribution in [2.24, 2.45) is 0 Å². The van der Waals surface area contributed by atoms with Crippen LogP contribution in [0.1, 0.15) is 48.3 Å². The molecule has 0 amide bonds. The van der Waals surface area contributed by atoms with Gasteiger partial charge >= 0.3 is 0 Å². The molecular formula is C17H23N3O2S. The lowest BCUT2D eigenvalue weighted by Crippen LogP contribution is -2.31. The van der Waals surface area contributed by atoms with Crippen LogP contribution in [0.4, 0.5) is 0 Å². The van der Waals surface area contributed by atoms with Crippen molar-refractivity contribution in [3.8, 4) is 0 Å². The minimum absolute atomic E-state index is 0.159. The van der Waals surface area contributed by atoms with Crippen LogP contribution < -0.4 is 4.72 Å². The Morgan fingerprint density at radius 3 is 2.74 bits per heavy atom. The minimum Gasteiger partial charge on any atom is -0.268 e. The Morgan fingerprint density at radius 1 is 1.30 bits per heavy atom. The van der Waals surface area contributed by atoms with Gasteiger partial charge in [0.25, 0.3) is 0 Å². The van der Waals surface area contributed by atoms with Crippen LogP contribution in [0, 0.1) is 13.8 Å². The van der Waals surface area contributed by atoms with E-state index in [1.165, 1.54) is 5.56 Å². The van der Waals surface area contributed by atoms with Crippen molar-refractivity contribution in [3.63, 3.8) is 0 Å². The molecule has 1 heterocycles. The van der Waals surface area contributed by atoms with Crippen LogP contribution in [0.25, 0.3) is 0 Å². The van der Waals surface area contributed by atoms with E-state index in [1.54, 1.807) is 11.6 Å². The highest BCUT2D eigenvalue weighted by molar-refractivity contribution is 7.89. The van der Waals surface area contributed by atoms with Crippen molar-refractivity contribution in [2.75, 3.05) is 0 Å². The second-order valence-corrected chi connectivity index (χ2v) is 7.73. The molecule has 0 saturated carbocycles. The van der Waals surface area contributed by atoms with Crippen LogP contribution in [0.15, 0.2) is 29.2 Å². The molecule has 1 aromatic heterocycles. The summed E-state index contributed by atoms with van der Waals surface area (Å²) in [5, 5.41) is 4.33. The van der Waals surface area contributed by atoms with E-state index in [2.05, 4.69) is 15.9 Å². The van der Waals surface area contributed by atoms with E-state index in [4.69, 9.17) is 0 Å². The first kappa shape index (κ1) is 16.2. The summed E-state index contributed by atoms with van der Waals surface area (Å²) >= 11 is 0. The van der Waals surface area contributed by atoms with E-state index < -0.39 is 10.0 Å². The van der Waals surface area contributed by atoms with E-state index in [1.807, 2.05) is 32.0 Å². The third-order valence-electron chi connectivity index (χ3n) is 4.55. The topological polar surface area (TPSA) is 64.0 Å². The fourth-order valence-electron chi connectivity index (χ4n) is 3.50. The third-order valence-corrected chi connectivity index (χ3v) is 6.27. The van der Waals surface area contributed by atoms with E-state index in [9.17, 15) is 8.42 Å². The van der Waals surface area contributed by atoms with Gasteiger partial charge < -0.3 is 0 Å². The number of rotatable bonds is 4. The largest absolute Gasteiger partial charge is 0.268 e. The Labute approximate surface area is 137 Å². The van der Waals surface area contributed by atoms with Gasteiger partial charge in [0, 0.05) is 12.6 Å². The molecule has 0 radical (unpaired) electrons. The predicted molar refractivity (Wildman–Crippen MR) is 89.8 cm³/mol. The molecule has 0 fully saturated rings. The first-order valence-corrected chi connectivity index (χ1v) is 9.56. The molecule has 124 valence electrons. The number of hydrogen-bond acceptors (Lipinski definition) is 3. The number of sulfonamides is 1. The average Bonchev–Trinajstić information content (AvgIpc) is 2.82. The Bertz CT molecular complexity index is 824. The summed E-state index contributed by atoms with van der Waals surface area (Å²) in [6.45, 7) is 6.19. The number of aromatic nitrogens is 2. The lowest BCUT2D eigenvalue weighted by atomic mass is 9.88. The van der Waals surface area contributed by atoms with Crippen molar-refractivity contribution < 1.29 is 8.42 Å². The van der Waals surface area contributed by atoms with Gasteiger partial charge in [-0.15, -0.1) is 0 Å². The van der Waals surface area contributed by atoms with Crippen LogP contribution in [0.5, 0.6) is 0 Å². The number of aryl methyl sites for hydroxylation is 3. The molecular weight excluding hydrogens is 310 g/mol. The zero-order valence-corrected chi connectivity index (χ0v) is 14.7. The maximum atomic E-state index is 12.9. The van der Waals surface area contributed by atoms with Crippen LogP contribution in [0.3, 0.4) is 0 Å². The molecule has 1 atom stereocenters. The normalized spacial score (nSPS) is 18.0. The Hall–Kier alpha value is -1.66. The molecule has 6 heteroatoms. The van der Waals surface area contributed by atoms with Gasteiger partial charge in [-0.2, -0.15) is 5.10 Å². The van der Waals surface area contributed by atoms with Crippen molar-refractivity contribution in [2.45, 2.75) is 57.5 Å². The monoisotopic (exact) mass is 333 g/mol. The molecule has 0 saturated heterocycles. The molecule has 1 aliphatic carbocycles. The van der Waals surface area contributed by atoms with E-state index >= 15 is 0 Å². The average molecular weight is 333 g/mol. The number of nitrogens with zero attached hydrogens (tertiary/aromatic N) is 2. The predicted octanol–water partition coefficient (Wildman–Crippen LogP) is 2.88.